The molecule has 0 fully saturated rings. The number of ketones is 1. The highest BCUT2D eigenvalue weighted by Gasteiger charge is 1.98. The van der Waals surface area contributed by atoms with E-state index in [1.807, 2.05) is 183 Å². The van der Waals surface area contributed by atoms with E-state index in [0.717, 1.165) is 22.5 Å². The highest BCUT2D eigenvalue weighted by Crippen LogP contribution is 2.16. The molecule has 0 aliphatic rings. The normalized spacial score (nSPS) is 8.95. The Balaban J connectivity index is 0. The van der Waals surface area contributed by atoms with E-state index < -0.39 is 0 Å². The van der Waals surface area contributed by atoms with Crippen molar-refractivity contribution in [3.05, 3.63) is 139 Å². The van der Waals surface area contributed by atoms with E-state index in [1.165, 1.54) is 0 Å². The maximum atomic E-state index is 11.7. The van der Waals surface area contributed by atoms with Crippen LogP contribution in [0.4, 0.5) is 11.4 Å². The van der Waals surface area contributed by atoms with Crippen LogP contribution in [0.1, 0.15) is 71.3 Å². The van der Waals surface area contributed by atoms with Crippen molar-refractivity contribution >= 4 is 23.2 Å². The first-order chi connectivity index (χ1) is 18.8. The molecule has 0 N–H and O–H groups in total. The summed E-state index contributed by atoms with van der Waals surface area (Å²) in [6.07, 6.45) is 3.43. The van der Waals surface area contributed by atoms with E-state index in [1.54, 1.807) is 6.08 Å². The SMILES string of the molecule is CC.CC.CC.CC.O=C(/C=C/c1ccccc1)c1ccccc1.c1ccc(N=Nc2ccccc2)cc1. The number of benzene rings is 4. The van der Waals surface area contributed by atoms with Gasteiger partial charge in [0.1, 0.15) is 0 Å². The Hall–Kier alpha value is -4.11. The van der Waals surface area contributed by atoms with Crippen molar-refractivity contribution in [2.24, 2.45) is 10.2 Å². The number of nitrogens with zero attached hydrogens (tertiary/aromatic N) is 2. The van der Waals surface area contributed by atoms with Crippen LogP contribution in [0, 0.1) is 0 Å². The molecule has 3 heteroatoms. The van der Waals surface area contributed by atoms with E-state index in [4.69, 9.17) is 0 Å². The zero-order chi connectivity index (χ0) is 28.9. The van der Waals surface area contributed by atoms with Crippen molar-refractivity contribution in [1.29, 1.82) is 0 Å². The van der Waals surface area contributed by atoms with Crippen LogP contribution in [0.3, 0.4) is 0 Å². The Morgan fingerprint density at radius 1 is 0.474 bits per heavy atom. The Bertz CT molecular complexity index is 1030. The van der Waals surface area contributed by atoms with Crippen LogP contribution in [-0.2, 0) is 0 Å². The molecule has 0 spiro atoms. The van der Waals surface area contributed by atoms with Crippen molar-refractivity contribution in [2.75, 3.05) is 0 Å². The van der Waals surface area contributed by atoms with Gasteiger partial charge >= 0.3 is 0 Å². The van der Waals surface area contributed by atoms with E-state index in [-0.39, 0.29) is 5.78 Å². The standard InChI is InChI=1S/C15H12O.C12H10N2.4C2H6/c16-15(14-9-5-2-6-10-14)12-11-13-7-3-1-4-8-13;1-3-7-11(8-4-1)13-14-12-9-5-2-6-10-12;4*1-2/h1-12H;1-10H;4*1-2H3/b12-11+;;;;;. The second kappa shape index (κ2) is 27.5. The van der Waals surface area contributed by atoms with Crippen LogP contribution in [0.25, 0.3) is 6.08 Å². The highest BCUT2D eigenvalue weighted by molar-refractivity contribution is 6.06. The number of hydrogen-bond acceptors (Lipinski definition) is 3. The molecule has 0 aliphatic heterocycles. The summed E-state index contributed by atoms with van der Waals surface area (Å²) in [7, 11) is 0. The smallest absolute Gasteiger partial charge is 0.185 e. The number of rotatable bonds is 5. The molecule has 0 heterocycles. The average molecular weight is 511 g/mol. The monoisotopic (exact) mass is 510 g/mol. The Kier molecular flexibility index (Phi) is 26.1. The molecule has 0 amide bonds. The third kappa shape index (κ3) is 17.3. The summed E-state index contributed by atoms with van der Waals surface area (Å²) in [4.78, 5) is 11.7. The molecule has 0 aliphatic carbocycles. The zero-order valence-electron chi connectivity index (χ0n) is 24.5. The first kappa shape index (κ1) is 36.0. The van der Waals surface area contributed by atoms with Crippen molar-refractivity contribution in [3.63, 3.8) is 0 Å². The van der Waals surface area contributed by atoms with Gasteiger partial charge in [-0.2, -0.15) is 10.2 Å². The lowest BCUT2D eigenvalue weighted by Crippen LogP contribution is -1.92. The van der Waals surface area contributed by atoms with Gasteiger partial charge in [0, 0.05) is 5.56 Å². The molecule has 3 nitrogen and oxygen atoms in total. The number of azo groups is 1. The van der Waals surface area contributed by atoms with Crippen molar-refractivity contribution in [1.82, 2.24) is 0 Å². The Morgan fingerprint density at radius 2 is 0.789 bits per heavy atom. The van der Waals surface area contributed by atoms with Crippen LogP contribution >= 0.6 is 0 Å². The minimum absolute atomic E-state index is 0.0319. The van der Waals surface area contributed by atoms with Gasteiger partial charge in [-0.15, -0.1) is 0 Å². The first-order valence-corrected chi connectivity index (χ1v) is 13.7. The molecule has 0 saturated carbocycles. The van der Waals surface area contributed by atoms with E-state index in [9.17, 15) is 4.79 Å². The predicted molar refractivity (Wildman–Crippen MR) is 169 cm³/mol. The summed E-state index contributed by atoms with van der Waals surface area (Å²) in [6, 6.07) is 38.4. The van der Waals surface area contributed by atoms with Crippen LogP contribution in [-0.4, -0.2) is 5.78 Å². The number of allylic oxidation sites excluding steroid dienone is 1. The van der Waals surface area contributed by atoms with Gasteiger partial charge in [-0.25, -0.2) is 0 Å². The van der Waals surface area contributed by atoms with Crippen LogP contribution in [0.2, 0.25) is 0 Å². The van der Waals surface area contributed by atoms with E-state index in [0.29, 0.717) is 0 Å². The molecule has 4 aromatic carbocycles. The third-order valence-electron chi connectivity index (χ3n) is 4.08. The van der Waals surface area contributed by atoms with Gasteiger partial charge in [-0.05, 0) is 35.9 Å². The lowest BCUT2D eigenvalue weighted by molar-refractivity contribution is 0.104. The lowest BCUT2D eigenvalue weighted by atomic mass is 10.1. The summed E-state index contributed by atoms with van der Waals surface area (Å²) in [5.41, 5.74) is 3.49. The molecule has 0 aromatic heterocycles. The summed E-state index contributed by atoms with van der Waals surface area (Å²) in [5, 5.41) is 8.20. The van der Waals surface area contributed by atoms with Crippen LogP contribution in [0.15, 0.2) is 138 Å². The Morgan fingerprint density at radius 3 is 1.16 bits per heavy atom. The molecular weight excluding hydrogens is 464 g/mol. The fourth-order valence-electron chi connectivity index (χ4n) is 2.54. The summed E-state index contributed by atoms with van der Waals surface area (Å²) in [5.74, 6) is 0.0319. The molecule has 202 valence electrons. The molecule has 0 unspecified atom stereocenters. The fraction of sp³-hybridized carbons (Fsp3) is 0.229. The van der Waals surface area contributed by atoms with Gasteiger partial charge < -0.3 is 0 Å². The molecule has 0 atom stereocenters. The van der Waals surface area contributed by atoms with Crippen LogP contribution in [0.5, 0.6) is 0 Å². The predicted octanol–water partition coefficient (Wildman–Crippen LogP) is 11.8. The second-order valence-corrected chi connectivity index (χ2v) is 6.35. The molecule has 0 saturated heterocycles. The van der Waals surface area contributed by atoms with Gasteiger partial charge in [0.05, 0.1) is 11.4 Å². The summed E-state index contributed by atoms with van der Waals surface area (Å²) >= 11 is 0. The van der Waals surface area contributed by atoms with Gasteiger partial charge in [-0.3, -0.25) is 4.79 Å². The maximum absolute atomic E-state index is 11.7. The van der Waals surface area contributed by atoms with E-state index in [2.05, 4.69) is 10.2 Å². The fourth-order valence-corrected chi connectivity index (χ4v) is 2.54. The molecule has 4 aromatic rings. The largest absolute Gasteiger partial charge is 0.289 e. The second-order valence-electron chi connectivity index (χ2n) is 6.35. The molecular formula is C35H46N2O. The van der Waals surface area contributed by atoms with Crippen LogP contribution < -0.4 is 0 Å². The summed E-state index contributed by atoms with van der Waals surface area (Å²) in [6.45, 7) is 16.0. The lowest BCUT2D eigenvalue weighted by Gasteiger charge is -1.94. The zero-order valence-corrected chi connectivity index (χ0v) is 24.5. The minimum Gasteiger partial charge on any atom is -0.289 e. The quantitative estimate of drug-likeness (QED) is 0.149. The average Bonchev–Trinajstić information content (AvgIpc) is 3.05. The van der Waals surface area contributed by atoms with Crippen molar-refractivity contribution < 1.29 is 4.79 Å². The van der Waals surface area contributed by atoms with E-state index >= 15 is 0 Å². The first-order valence-electron chi connectivity index (χ1n) is 13.7. The van der Waals surface area contributed by atoms with Gasteiger partial charge in [-0.1, -0.05) is 159 Å². The van der Waals surface area contributed by atoms with Crippen molar-refractivity contribution in [2.45, 2.75) is 55.4 Å². The van der Waals surface area contributed by atoms with Gasteiger partial charge in [0.25, 0.3) is 0 Å². The Labute approximate surface area is 232 Å². The molecule has 0 bridgehead atoms. The topological polar surface area (TPSA) is 41.8 Å². The third-order valence-corrected chi connectivity index (χ3v) is 4.08. The number of carbonyl (C=O) groups excluding carboxylic acids is 1. The molecule has 38 heavy (non-hydrogen) atoms. The number of carbonyl (C=O) groups is 1. The van der Waals surface area contributed by atoms with Gasteiger partial charge in [0.2, 0.25) is 0 Å². The number of hydrogen-bond donors (Lipinski definition) is 0. The molecule has 4 rings (SSSR count). The maximum Gasteiger partial charge on any atom is 0.185 e. The highest BCUT2D eigenvalue weighted by atomic mass is 16.1. The minimum atomic E-state index is 0.0319. The summed E-state index contributed by atoms with van der Waals surface area (Å²) < 4.78 is 0. The van der Waals surface area contributed by atoms with Gasteiger partial charge in [0.15, 0.2) is 5.78 Å². The molecule has 0 radical (unpaired) electrons. The van der Waals surface area contributed by atoms with Crippen molar-refractivity contribution in [3.8, 4) is 0 Å².